The molecule has 32 heavy (non-hydrogen) atoms. The van der Waals surface area contributed by atoms with Crippen LogP contribution in [0.25, 0.3) is 22.0 Å². The summed E-state index contributed by atoms with van der Waals surface area (Å²) in [4.78, 5) is 19.8. The number of piperidine rings is 1. The Morgan fingerprint density at radius 2 is 1.84 bits per heavy atom. The van der Waals surface area contributed by atoms with E-state index in [2.05, 4.69) is 29.2 Å². The third-order valence-electron chi connectivity index (χ3n) is 7.02. The van der Waals surface area contributed by atoms with Gasteiger partial charge < -0.3 is 13.9 Å². The fraction of sp³-hybridized carbons (Fsp3) is 0.346. The van der Waals surface area contributed by atoms with E-state index in [0.29, 0.717) is 5.92 Å². The van der Waals surface area contributed by atoms with Crippen molar-refractivity contribution in [3.05, 3.63) is 69.8 Å². The first-order valence-corrected chi connectivity index (χ1v) is 11.3. The van der Waals surface area contributed by atoms with E-state index in [0.717, 1.165) is 59.5 Å². The number of nitrogens with zero attached hydrogens (tertiary/aromatic N) is 4. The molecule has 0 bridgehead atoms. The number of hydrogen-bond acceptors (Lipinski definition) is 5. The Labute approximate surface area is 185 Å². The maximum atomic E-state index is 12.8. The molecule has 6 nitrogen and oxygen atoms in total. The highest BCUT2D eigenvalue weighted by atomic mass is 16.3. The monoisotopic (exact) mass is 424 g/mol. The fourth-order valence-corrected chi connectivity index (χ4v) is 5.07. The molecule has 1 aliphatic carbocycles. The minimum absolute atomic E-state index is 0.221. The molecule has 0 spiro atoms. The van der Waals surface area contributed by atoms with Crippen LogP contribution >= 0.6 is 0 Å². The van der Waals surface area contributed by atoms with Crippen LogP contribution in [0.5, 0.6) is 0 Å². The van der Waals surface area contributed by atoms with Crippen LogP contribution in [0.2, 0.25) is 0 Å². The molecule has 2 aromatic heterocycles. The maximum Gasteiger partial charge on any atom is 0.270 e. The van der Waals surface area contributed by atoms with Gasteiger partial charge in [0.05, 0.1) is 11.2 Å². The van der Waals surface area contributed by atoms with E-state index in [-0.39, 0.29) is 17.0 Å². The molecule has 0 atom stereocenters. The van der Waals surface area contributed by atoms with Gasteiger partial charge in [-0.15, -0.1) is 0 Å². The number of rotatable bonds is 3. The summed E-state index contributed by atoms with van der Waals surface area (Å²) < 4.78 is 7.69. The number of aryl methyl sites for hydroxylation is 1. The Morgan fingerprint density at radius 1 is 1.06 bits per heavy atom. The van der Waals surface area contributed by atoms with E-state index in [9.17, 15) is 10.1 Å². The predicted molar refractivity (Wildman–Crippen MR) is 124 cm³/mol. The zero-order chi connectivity index (χ0) is 21.8. The Hall–Kier alpha value is -3.59. The van der Waals surface area contributed by atoms with Crippen molar-refractivity contribution in [3.63, 3.8) is 0 Å². The smallest absolute Gasteiger partial charge is 0.270 e. The summed E-state index contributed by atoms with van der Waals surface area (Å²) in [5, 5.41) is 10.7. The molecule has 160 valence electrons. The molecule has 1 saturated heterocycles. The zero-order valence-corrected chi connectivity index (χ0v) is 18.0. The molecule has 1 aliphatic heterocycles. The third-order valence-corrected chi connectivity index (χ3v) is 7.02. The van der Waals surface area contributed by atoms with Gasteiger partial charge >= 0.3 is 0 Å². The lowest BCUT2D eigenvalue weighted by atomic mass is 9.95. The summed E-state index contributed by atoms with van der Waals surface area (Å²) >= 11 is 0. The normalized spacial score (nSPS) is 17.2. The largest absolute Gasteiger partial charge is 0.440 e. The summed E-state index contributed by atoms with van der Waals surface area (Å²) in [6.45, 7) is 1.51. The predicted octanol–water partition coefficient (Wildman–Crippen LogP) is 4.81. The Kier molecular flexibility index (Phi) is 4.32. The van der Waals surface area contributed by atoms with E-state index in [4.69, 9.17) is 9.40 Å². The van der Waals surface area contributed by atoms with Gasteiger partial charge in [0.25, 0.3) is 5.56 Å². The Bertz CT molecular complexity index is 1450. The number of para-hydroxylation sites is 1. The molecule has 0 N–H and O–H groups in total. The summed E-state index contributed by atoms with van der Waals surface area (Å²) in [6.07, 6.45) is 4.29. The van der Waals surface area contributed by atoms with Crippen molar-refractivity contribution >= 4 is 27.7 Å². The molecule has 1 saturated carbocycles. The van der Waals surface area contributed by atoms with E-state index in [1.54, 1.807) is 11.6 Å². The van der Waals surface area contributed by atoms with Crippen LogP contribution in [-0.4, -0.2) is 22.6 Å². The molecular weight excluding hydrogens is 400 g/mol. The number of pyridine rings is 1. The highest BCUT2D eigenvalue weighted by Crippen LogP contribution is 2.41. The van der Waals surface area contributed by atoms with E-state index in [1.807, 2.05) is 24.3 Å². The van der Waals surface area contributed by atoms with Crippen molar-refractivity contribution in [1.82, 2.24) is 9.55 Å². The topological polar surface area (TPSA) is 75.1 Å². The van der Waals surface area contributed by atoms with Gasteiger partial charge in [-0.05, 0) is 55.4 Å². The highest BCUT2D eigenvalue weighted by Gasteiger charge is 2.29. The minimum atomic E-state index is -0.242. The summed E-state index contributed by atoms with van der Waals surface area (Å²) in [6, 6.07) is 16.4. The number of hydrogen-bond donors (Lipinski definition) is 0. The van der Waals surface area contributed by atoms with Crippen LogP contribution in [0, 0.1) is 11.3 Å². The summed E-state index contributed by atoms with van der Waals surface area (Å²) in [5.41, 5.74) is 4.77. The number of aromatic nitrogens is 2. The molecule has 0 amide bonds. The summed E-state index contributed by atoms with van der Waals surface area (Å²) in [5.74, 6) is 1.75. The second-order valence-electron chi connectivity index (χ2n) is 9.03. The average Bonchev–Trinajstić information content (AvgIpc) is 3.60. The number of oxazole rings is 1. The van der Waals surface area contributed by atoms with E-state index in [1.165, 1.54) is 18.4 Å². The molecule has 4 aromatic rings. The lowest BCUT2D eigenvalue weighted by Gasteiger charge is -2.33. The van der Waals surface area contributed by atoms with Gasteiger partial charge in [0.1, 0.15) is 17.1 Å². The zero-order valence-electron chi connectivity index (χ0n) is 18.0. The number of benzene rings is 2. The van der Waals surface area contributed by atoms with Crippen LogP contribution in [0.4, 0.5) is 5.69 Å². The van der Waals surface area contributed by atoms with Gasteiger partial charge in [-0.3, -0.25) is 4.79 Å². The van der Waals surface area contributed by atoms with Gasteiger partial charge in [0.15, 0.2) is 11.5 Å². The van der Waals surface area contributed by atoms with Crippen molar-refractivity contribution in [1.29, 1.82) is 5.26 Å². The lowest BCUT2D eigenvalue weighted by Crippen LogP contribution is -2.35. The fourth-order valence-electron chi connectivity index (χ4n) is 5.07. The molecule has 3 heterocycles. The molecule has 6 heteroatoms. The maximum absolute atomic E-state index is 12.8. The summed E-state index contributed by atoms with van der Waals surface area (Å²) in [7, 11) is 1.73. The van der Waals surface area contributed by atoms with Gasteiger partial charge in [0.2, 0.25) is 0 Å². The van der Waals surface area contributed by atoms with E-state index < -0.39 is 0 Å². The van der Waals surface area contributed by atoms with Gasteiger partial charge in [0, 0.05) is 31.4 Å². The first kappa shape index (κ1) is 19.1. The SMILES string of the molecule is Cn1c(=O)c(C#N)c(N2CCC(c3nc4cc(C5CC5)ccc4o3)CC2)c2ccccc21. The first-order chi connectivity index (χ1) is 15.6. The van der Waals surface area contributed by atoms with Crippen molar-refractivity contribution in [2.75, 3.05) is 18.0 Å². The molecular formula is C26H24N4O2. The second kappa shape index (κ2) is 7.23. The van der Waals surface area contributed by atoms with Crippen molar-refractivity contribution in [3.8, 4) is 6.07 Å². The average molecular weight is 425 g/mol. The second-order valence-corrected chi connectivity index (χ2v) is 9.03. The first-order valence-electron chi connectivity index (χ1n) is 11.3. The number of nitriles is 1. The molecule has 2 aromatic carbocycles. The number of fused-ring (bicyclic) bond motifs is 2. The van der Waals surface area contributed by atoms with Crippen molar-refractivity contribution in [2.45, 2.75) is 37.5 Å². The van der Waals surface area contributed by atoms with Gasteiger partial charge in [-0.25, -0.2) is 4.98 Å². The van der Waals surface area contributed by atoms with Crippen LogP contribution in [0.1, 0.15) is 54.5 Å². The van der Waals surface area contributed by atoms with Crippen LogP contribution < -0.4 is 10.5 Å². The van der Waals surface area contributed by atoms with Gasteiger partial charge in [-0.2, -0.15) is 5.26 Å². The Balaban J connectivity index is 1.30. The minimum Gasteiger partial charge on any atom is -0.440 e. The molecule has 2 fully saturated rings. The number of anilines is 1. The van der Waals surface area contributed by atoms with Crippen LogP contribution in [-0.2, 0) is 7.05 Å². The van der Waals surface area contributed by atoms with Crippen LogP contribution in [0.15, 0.2) is 51.7 Å². The molecule has 2 aliphatic rings. The third kappa shape index (κ3) is 3.00. The quantitative estimate of drug-likeness (QED) is 0.472. The molecule has 0 radical (unpaired) electrons. The standard InChI is InChI=1S/C26H24N4O2/c1-29-22-5-3-2-4-19(22)24(20(15-27)26(29)31)30-12-10-17(11-13-30)25-28-21-14-18(16-6-7-16)8-9-23(21)32-25/h2-5,8-9,14,16-17H,6-7,10-13H2,1H3. The van der Waals surface area contributed by atoms with Crippen LogP contribution in [0.3, 0.4) is 0 Å². The highest BCUT2D eigenvalue weighted by molar-refractivity contribution is 5.95. The van der Waals surface area contributed by atoms with Crippen molar-refractivity contribution in [2.24, 2.45) is 7.05 Å². The molecule has 6 rings (SSSR count). The molecule has 0 unspecified atom stereocenters. The lowest BCUT2D eigenvalue weighted by molar-refractivity contribution is 0.407. The van der Waals surface area contributed by atoms with Crippen molar-refractivity contribution < 1.29 is 4.42 Å². The van der Waals surface area contributed by atoms with Gasteiger partial charge in [-0.1, -0.05) is 24.3 Å². The van der Waals surface area contributed by atoms with E-state index >= 15 is 0 Å². The Morgan fingerprint density at radius 3 is 2.59 bits per heavy atom.